The molecule has 1 aromatic carbocycles. The average molecular weight is 322 g/mol. The number of nitrogens with one attached hydrogen (secondary N) is 1. The third-order valence-electron chi connectivity index (χ3n) is 5.50. The third-order valence-corrected chi connectivity index (χ3v) is 5.50. The molecule has 0 unspecified atom stereocenters. The molecule has 0 spiro atoms. The summed E-state index contributed by atoms with van der Waals surface area (Å²) < 4.78 is 0. The van der Waals surface area contributed by atoms with Crippen LogP contribution in [0.1, 0.15) is 62.0 Å². The number of benzene rings is 1. The lowest BCUT2D eigenvalue weighted by molar-refractivity contribution is 0.387. The molecule has 0 radical (unpaired) electrons. The van der Waals surface area contributed by atoms with Gasteiger partial charge in [0.05, 0.1) is 6.04 Å². The standard InChI is InChI=1S/C20H26N4/c1-4-13(2)21-19-11-20(23-14(3)22-19)24-12-15-9-10-18(24)17-8-6-5-7-16(15)17/h5-8,11,13,15,18H,4,9-10,12H2,1-3H3,(H,21,22,23)/t13-,15-,18+/m1/s1. The van der Waals surface area contributed by atoms with E-state index in [0.29, 0.717) is 18.0 Å². The fourth-order valence-electron chi connectivity index (χ4n) is 4.11. The molecule has 126 valence electrons. The van der Waals surface area contributed by atoms with Crippen molar-refractivity contribution < 1.29 is 0 Å². The van der Waals surface area contributed by atoms with Crippen LogP contribution < -0.4 is 10.2 Å². The van der Waals surface area contributed by atoms with Gasteiger partial charge in [-0.1, -0.05) is 31.2 Å². The maximum Gasteiger partial charge on any atom is 0.134 e. The molecule has 5 rings (SSSR count). The maximum absolute atomic E-state index is 4.76. The van der Waals surface area contributed by atoms with Gasteiger partial charge in [-0.05, 0) is 44.2 Å². The van der Waals surface area contributed by atoms with E-state index in [-0.39, 0.29) is 0 Å². The van der Waals surface area contributed by atoms with E-state index in [9.17, 15) is 0 Å². The summed E-state index contributed by atoms with van der Waals surface area (Å²) in [5.74, 6) is 3.49. The molecule has 4 heteroatoms. The van der Waals surface area contributed by atoms with E-state index >= 15 is 0 Å². The number of aryl methyl sites for hydroxylation is 1. The van der Waals surface area contributed by atoms with Gasteiger partial charge in [0.2, 0.25) is 0 Å². The molecule has 24 heavy (non-hydrogen) atoms. The molecule has 1 aromatic heterocycles. The Morgan fingerprint density at radius 2 is 2.00 bits per heavy atom. The van der Waals surface area contributed by atoms with Crippen molar-refractivity contribution in [3.8, 4) is 0 Å². The zero-order valence-corrected chi connectivity index (χ0v) is 14.8. The number of aromatic nitrogens is 2. The molecule has 1 fully saturated rings. The van der Waals surface area contributed by atoms with Gasteiger partial charge in [0.25, 0.3) is 0 Å². The van der Waals surface area contributed by atoms with Crippen LogP contribution in [0, 0.1) is 6.92 Å². The number of hydrogen-bond acceptors (Lipinski definition) is 4. The van der Waals surface area contributed by atoms with E-state index in [4.69, 9.17) is 4.98 Å². The minimum atomic E-state index is 0.422. The normalized spacial score (nSPS) is 23.0. The molecule has 3 atom stereocenters. The number of piperidine rings is 1. The van der Waals surface area contributed by atoms with Gasteiger partial charge < -0.3 is 10.2 Å². The molecule has 2 aromatic rings. The van der Waals surface area contributed by atoms with Crippen LogP contribution in [-0.2, 0) is 0 Å². The minimum Gasteiger partial charge on any atom is -0.367 e. The molecule has 2 bridgehead atoms. The Morgan fingerprint density at radius 3 is 2.79 bits per heavy atom. The first kappa shape index (κ1) is 15.4. The molecule has 1 saturated heterocycles. The predicted octanol–water partition coefficient (Wildman–Crippen LogP) is 4.43. The van der Waals surface area contributed by atoms with Crippen LogP contribution in [-0.4, -0.2) is 22.6 Å². The molecule has 4 nitrogen and oxygen atoms in total. The first-order valence-corrected chi connectivity index (χ1v) is 9.13. The number of rotatable bonds is 4. The summed E-state index contributed by atoms with van der Waals surface area (Å²) in [5, 5.41) is 3.50. The lowest BCUT2D eigenvalue weighted by Gasteiger charge is -2.47. The van der Waals surface area contributed by atoms with Gasteiger partial charge in [-0.2, -0.15) is 0 Å². The molecule has 3 aliphatic rings. The Labute approximate surface area is 144 Å². The van der Waals surface area contributed by atoms with Gasteiger partial charge in [-0.3, -0.25) is 0 Å². The molecular weight excluding hydrogens is 296 g/mol. The molecule has 0 amide bonds. The van der Waals surface area contributed by atoms with E-state index in [1.165, 1.54) is 18.4 Å². The van der Waals surface area contributed by atoms with Crippen LogP contribution in [0.4, 0.5) is 11.6 Å². The van der Waals surface area contributed by atoms with Crippen molar-refractivity contribution in [1.82, 2.24) is 9.97 Å². The fourth-order valence-corrected chi connectivity index (χ4v) is 4.11. The molecule has 0 saturated carbocycles. The lowest BCUT2D eigenvalue weighted by Crippen LogP contribution is -2.43. The summed E-state index contributed by atoms with van der Waals surface area (Å²) in [4.78, 5) is 11.8. The van der Waals surface area contributed by atoms with Crippen molar-refractivity contribution in [2.45, 2.75) is 58.0 Å². The van der Waals surface area contributed by atoms with Gasteiger partial charge in [0.1, 0.15) is 17.5 Å². The van der Waals surface area contributed by atoms with Crippen molar-refractivity contribution in [2.75, 3.05) is 16.8 Å². The van der Waals surface area contributed by atoms with Crippen molar-refractivity contribution >= 4 is 11.6 Å². The molecule has 3 heterocycles. The van der Waals surface area contributed by atoms with Gasteiger partial charge in [-0.15, -0.1) is 0 Å². The smallest absolute Gasteiger partial charge is 0.134 e. The minimum absolute atomic E-state index is 0.422. The van der Waals surface area contributed by atoms with E-state index in [1.54, 1.807) is 5.56 Å². The van der Waals surface area contributed by atoms with Gasteiger partial charge in [0, 0.05) is 24.6 Å². The number of fused-ring (bicyclic) bond motifs is 2. The topological polar surface area (TPSA) is 41.0 Å². The zero-order valence-electron chi connectivity index (χ0n) is 14.8. The van der Waals surface area contributed by atoms with Crippen LogP contribution in [0.25, 0.3) is 0 Å². The Hall–Kier alpha value is -2.10. The Morgan fingerprint density at radius 1 is 1.21 bits per heavy atom. The van der Waals surface area contributed by atoms with Gasteiger partial charge in [0.15, 0.2) is 0 Å². The first-order chi connectivity index (χ1) is 11.7. The summed E-state index contributed by atoms with van der Waals surface area (Å²) in [7, 11) is 0. The first-order valence-electron chi connectivity index (χ1n) is 9.13. The maximum atomic E-state index is 4.76. The van der Waals surface area contributed by atoms with Crippen molar-refractivity contribution in [3.63, 3.8) is 0 Å². The highest BCUT2D eigenvalue weighted by Gasteiger charge is 2.38. The molecular formula is C20H26N4. The quantitative estimate of drug-likeness (QED) is 0.904. The zero-order chi connectivity index (χ0) is 16.7. The van der Waals surface area contributed by atoms with Crippen LogP contribution in [0.5, 0.6) is 0 Å². The van der Waals surface area contributed by atoms with Gasteiger partial charge in [-0.25, -0.2) is 9.97 Å². The molecule has 1 N–H and O–H groups in total. The van der Waals surface area contributed by atoms with Crippen LogP contribution >= 0.6 is 0 Å². The van der Waals surface area contributed by atoms with Crippen LogP contribution in [0.2, 0.25) is 0 Å². The van der Waals surface area contributed by atoms with E-state index in [0.717, 1.165) is 30.4 Å². The second-order valence-corrected chi connectivity index (χ2v) is 7.18. The third kappa shape index (κ3) is 2.64. The largest absolute Gasteiger partial charge is 0.367 e. The Balaban J connectivity index is 1.68. The monoisotopic (exact) mass is 322 g/mol. The van der Waals surface area contributed by atoms with E-state index in [2.05, 4.69) is 59.4 Å². The SMILES string of the molecule is CC[C@@H](C)Nc1cc(N2C[C@H]3CC[C@H]2c2ccccc23)nc(C)n1. The van der Waals surface area contributed by atoms with E-state index in [1.807, 2.05) is 6.92 Å². The predicted molar refractivity (Wildman–Crippen MR) is 98.6 cm³/mol. The summed E-state index contributed by atoms with van der Waals surface area (Å²) >= 11 is 0. The second-order valence-electron chi connectivity index (χ2n) is 7.18. The highest BCUT2D eigenvalue weighted by atomic mass is 15.2. The summed E-state index contributed by atoms with van der Waals surface area (Å²) in [5.41, 5.74) is 3.04. The number of hydrogen-bond donors (Lipinski definition) is 1. The molecule has 2 aliphatic heterocycles. The summed E-state index contributed by atoms with van der Waals surface area (Å²) in [6.45, 7) is 7.44. The lowest BCUT2D eigenvalue weighted by atomic mass is 9.75. The van der Waals surface area contributed by atoms with Crippen molar-refractivity contribution in [2.24, 2.45) is 0 Å². The van der Waals surface area contributed by atoms with Crippen molar-refractivity contribution in [1.29, 1.82) is 0 Å². The average Bonchev–Trinajstić information content (AvgIpc) is 2.61. The Kier molecular flexibility index (Phi) is 3.91. The summed E-state index contributed by atoms with van der Waals surface area (Å²) in [6, 6.07) is 12.0. The molecule has 1 aliphatic carbocycles. The van der Waals surface area contributed by atoms with E-state index < -0.39 is 0 Å². The van der Waals surface area contributed by atoms with Crippen LogP contribution in [0.3, 0.4) is 0 Å². The van der Waals surface area contributed by atoms with Gasteiger partial charge >= 0.3 is 0 Å². The fraction of sp³-hybridized carbons (Fsp3) is 0.500. The van der Waals surface area contributed by atoms with Crippen LogP contribution in [0.15, 0.2) is 30.3 Å². The highest BCUT2D eigenvalue weighted by Crippen LogP contribution is 2.47. The van der Waals surface area contributed by atoms with Crippen molar-refractivity contribution in [3.05, 3.63) is 47.3 Å². The second kappa shape index (κ2) is 6.08. The number of nitrogens with zero attached hydrogens (tertiary/aromatic N) is 3. The Bertz CT molecular complexity index is 742. The number of anilines is 2. The highest BCUT2D eigenvalue weighted by molar-refractivity contribution is 5.55. The summed E-state index contributed by atoms with van der Waals surface area (Å²) in [6.07, 6.45) is 3.60.